The van der Waals surface area contributed by atoms with Crippen LogP contribution in [-0.4, -0.2) is 17.4 Å². The first-order valence-electron chi connectivity index (χ1n) is 6.85. The molecule has 3 rings (SSSR count). The second-order valence-corrected chi connectivity index (χ2v) is 6.12. The number of fused-ring (bicyclic) bond motifs is 1. The highest BCUT2D eigenvalue weighted by molar-refractivity contribution is 5.76. The summed E-state index contributed by atoms with van der Waals surface area (Å²) in [6, 6.07) is 5.48. The lowest BCUT2D eigenvalue weighted by atomic mass is 9.77. The van der Waals surface area contributed by atoms with Gasteiger partial charge in [-0.15, -0.1) is 13.2 Å². The van der Waals surface area contributed by atoms with E-state index >= 15 is 0 Å². The Morgan fingerprint density at radius 2 is 1.81 bits per heavy atom. The van der Waals surface area contributed by atoms with Gasteiger partial charge in [-0.25, -0.2) is 0 Å². The van der Waals surface area contributed by atoms with Gasteiger partial charge in [0, 0.05) is 0 Å². The lowest BCUT2D eigenvalue weighted by Gasteiger charge is -2.26. The second-order valence-electron chi connectivity index (χ2n) is 6.12. The molecule has 1 aromatic rings. The first-order valence-corrected chi connectivity index (χ1v) is 6.85. The van der Waals surface area contributed by atoms with E-state index in [1.54, 1.807) is 0 Å². The Labute approximate surface area is 119 Å². The molecule has 2 aliphatic carbocycles. The van der Waals surface area contributed by atoms with E-state index in [-0.39, 0.29) is 5.75 Å². The van der Waals surface area contributed by atoms with Crippen LogP contribution in [0.4, 0.5) is 13.2 Å². The number of hydrogen-bond donors (Lipinski definition) is 1. The Balaban J connectivity index is 1.71. The van der Waals surface area contributed by atoms with Crippen LogP contribution in [0.25, 0.3) is 0 Å². The summed E-state index contributed by atoms with van der Waals surface area (Å²) in [6.07, 6.45) is -1.88. The van der Waals surface area contributed by atoms with Crippen molar-refractivity contribution in [2.24, 2.45) is 17.3 Å². The SMILES string of the molecule is O=C(O)C1(Cc2ccc(OC(F)(F)F)cc2)CC2CC2C1. The summed E-state index contributed by atoms with van der Waals surface area (Å²) in [7, 11) is 0. The molecule has 2 aliphatic rings. The van der Waals surface area contributed by atoms with Gasteiger partial charge in [-0.3, -0.25) is 4.79 Å². The zero-order chi connectivity index (χ0) is 15.3. The Kier molecular flexibility index (Phi) is 3.15. The summed E-state index contributed by atoms with van der Waals surface area (Å²) in [5.74, 6) is -0.0434. The highest BCUT2D eigenvalue weighted by atomic mass is 19.4. The second kappa shape index (κ2) is 4.64. The third kappa shape index (κ3) is 2.99. The predicted octanol–water partition coefficient (Wildman–Crippen LogP) is 3.63. The summed E-state index contributed by atoms with van der Waals surface area (Å²) in [5.41, 5.74) is -0.0202. The average molecular weight is 300 g/mol. The number of rotatable bonds is 4. The molecule has 1 N–H and O–H groups in total. The largest absolute Gasteiger partial charge is 0.573 e. The molecule has 0 heterocycles. The van der Waals surface area contributed by atoms with E-state index in [1.165, 1.54) is 24.3 Å². The maximum absolute atomic E-state index is 12.1. The van der Waals surface area contributed by atoms with Gasteiger partial charge in [-0.1, -0.05) is 12.1 Å². The van der Waals surface area contributed by atoms with Crippen molar-refractivity contribution in [1.82, 2.24) is 0 Å². The monoisotopic (exact) mass is 300 g/mol. The van der Waals surface area contributed by atoms with Crippen molar-refractivity contribution in [2.75, 3.05) is 0 Å². The molecule has 3 nitrogen and oxygen atoms in total. The van der Waals surface area contributed by atoms with E-state index < -0.39 is 17.7 Å². The summed E-state index contributed by atoms with van der Waals surface area (Å²) in [6.45, 7) is 0. The minimum absolute atomic E-state index is 0.287. The number of hydrogen-bond acceptors (Lipinski definition) is 2. The molecule has 2 unspecified atom stereocenters. The van der Waals surface area contributed by atoms with Crippen LogP contribution in [0.2, 0.25) is 0 Å². The molecular formula is C15H15F3O3. The molecule has 114 valence electrons. The molecule has 2 atom stereocenters. The van der Waals surface area contributed by atoms with Crippen LogP contribution in [0, 0.1) is 17.3 Å². The number of alkyl halides is 3. The standard InChI is InChI=1S/C15H15F3O3/c16-15(17,18)21-12-3-1-9(2-4-12)6-14(13(19)20)7-10-5-11(10)8-14/h1-4,10-11H,5-8H2,(H,19,20). The highest BCUT2D eigenvalue weighted by Crippen LogP contribution is 2.60. The molecule has 0 bridgehead atoms. The zero-order valence-corrected chi connectivity index (χ0v) is 11.2. The van der Waals surface area contributed by atoms with Gasteiger partial charge in [0.25, 0.3) is 0 Å². The normalized spacial score (nSPS) is 30.8. The Morgan fingerprint density at radius 1 is 1.24 bits per heavy atom. The van der Waals surface area contributed by atoms with Gasteiger partial charge in [-0.2, -0.15) is 0 Å². The summed E-state index contributed by atoms with van der Waals surface area (Å²) in [4.78, 5) is 11.6. The highest BCUT2D eigenvalue weighted by Gasteiger charge is 2.57. The molecule has 6 heteroatoms. The molecule has 0 radical (unpaired) electrons. The van der Waals surface area contributed by atoms with Crippen LogP contribution in [0.5, 0.6) is 5.75 Å². The summed E-state index contributed by atoms with van der Waals surface area (Å²) >= 11 is 0. The first-order chi connectivity index (χ1) is 9.77. The van der Waals surface area contributed by atoms with E-state index in [4.69, 9.17) is 0 Å². The third-order valence-electron chi connectivity index (χ3n) is 4.53. The summed E-state index contributed by atoms with van der Waals surface area (Å²) < 4.78 is 40.1. The van der Waals surface area contributed by atoms with Crippen molar-refractivity contribution in [3.63, 3.8) is 0 Å². The Hall–Kier alpha value is -1.72. The van der Waals surface area contributed by atoms with Crippen molar-refractivity contribution in [2.45, 2.75) is 32.0 Å². The van der Waals surface area contributed by atoms with E-state index in [0.717, 1.165) is 12.0 Å². The quantitative estimate of drug-likeness (QED) is 0.923. The molecule has 0 spiro atoms. The topological polar surface area (TPSA) is 46.5 Å². The van der Waals surface area contributed by atoms with E-state index in [1.807, 2.05) is 0 Å². The minimum atomic E-state index is -4.71. The lowest BCUT2D eigenvalue weighted by molar-refractivity contribution is -0.274. The zero-order valence-electron chi connectivity index (χ0n) is 11.2. The van der Waals surface area contributed by atoms with Crippen molar-refractivity contribution in [3.05, 3.63) is 29.8 Å². The maximum Gasteiger partial charge on any atom is 0.573 e. The number of carboxylic acids is 1. The third-order valence-corrected chi connectivity index (χ3v) is 4.53. The number of benzene rings is 1. The average Bonchev–Trinajstić information content (AvgIpc) is 2.98. The molecule has 0 aliphatic heterocycles. The number of ether oxygens (including phenoxy) is 1. The number of halogens is 3. The molecule has 21 heavy (non-hydrogen) atoms. The van der Waals surface area contributed by atoms with Gasteiger partial charge in [0.1, 0.15) is 5.75 Å². The Bertz CT molecular complexity index is 540. The molecular weight excluding hydrogens is 285 g/mol. The van der Waals surface area contributed by atoms with E-state index in [9.17, 15) is 23.1 Å². The van der Waals surface area contributed by atoms with Gasteiger partial charge in [0.05, 0.1) is 5.41 Å². The van der Waals surface area contributed by atoms with Gasteiger partial charge < -0.3 is 9.84 Å². The van der Waals surface area contributed by atoms with Crippen LogP contribution < -0.4 is 4.74 Å². The minimum Gasteiger partial charge on any atom is -0.481 e. The molecule has 0 aromatic heterocycles. The molecule has 0 amide bonds. The molecule has 0 saturated heterocycles. The number of carbonyl (C=O) groups is 1. The van der Waals surface area contributed by atoms with Crippen LogP contribution in [0.15, 0.2) is 24.3 Å². The van der Waals surface area contributed by atoms with Gasteiger partial charge in [-0.05, 0) is 55.2 Å². The molecule has 2 saturated carbocycles. The number of carboxylic acid groups (broad SMARTS) is 1. The van der Waals surface area contributed by atoms with E-state index in [2.05, 4.69) is 4.74 Å². The van der Waals surface area contributed by atoms with Crippen LogP contribution in [-0.2, 0) is 11.2 Å². The smallest absolute Gasteiger partial charge is 0.481 e. The Morgan fingerprint density at radius 3 is 2.29 bits per heavy atom. The van der Waals surface area contributed by atoms with Crippen LogP contribution >= 0.6 is 0 Å². The van der Waals surface area contributed by atoms with Crippen molar-refractivity contribution in [1.29, 1.82) is 0 Å². The van der Waals surface area contributed by atoms with Crippen molar-refractivity contribution >= 4 is 5.97 Å². The van der Waals surface area contributed by atoms with Crippen molar-refractivity contribution < 1.29 is 27.8 Å². The fraction of sp³-hybridized carbons (Fsp3) is 0.533. The van der Waals surface area contributed by atoms with Gasteiger partial charge in [0.15, 0.2) is 0 Å². The van der Waals surface area contributed by atoms with Gasteiger partial charge in [0.2, 0.25) is 0 Å². The molecule has 1 aromatic carbocycles. The van der Waals surface area contributed by atoms with E-state index in [0.29, 0.717) is 31.1 Å². The van der Waals surface area contributed by atoms with Crippen LogP contribution in [0.3, 0.4) is 0 Å². The maximum atomic E-state index is 12.1. The summed E-state index contributed by atoms with van der Waals surface area (Å²) in [5, 5.41) is 9.50. The first kappa shape index (κ1) is 14.2. The van der Waals surface area contributed by atoms with Gasteiger partial charge >= 0.3 is 12.3 Å². The lowest BCUT2D eigenvalue weighted by Crippen LogP contribution is -2.31. The fourth-order valence-corrected chi connectivity index (χ4v) is 3.49. The number of aliphatic carboxylic acids is 1. The predicted molar refractivity (Wildman–Crippen MR) is 67.7 cm³/mol. The van der Waals surface area contributed by atoms with Crippen molar-refractivity contribution in [3.8, 4) is 5.75 Å². The fourth-order valence-electron chi connectivity index (χ4n) is 3.49. The van der Waals surface area contributed by atoms with Crippen LogP contribution in [0.1, 0.15) is 24.8 Å². The molecule has 2 fully saturated rings.